The molecule has 1 aliphatic rings. The number of amides is 1. The first-order chi connectivity index (χ1) is 10.0. The largest absolute Gasteiger partial charge is 0.493 e. The van der Waals surface area contributed by atoms with Gasteiger partial charge in [0.2, 0.25) is 5.75 Å². The van der Waals surface area contributed by atoms with Crippen molar-refractivity contribution in [2.75, 3.05) is 34.4 Å². The summed E-state index contributed by atoms with van der Waals surface area (Å²) in [5.74, 6) is 1.26. The molecule has 0 radical (unpaired) electrons. The van der Waals surface area contributed by atoms with Gasteiger partial charge < -0.3 is 24.8 Å². The highest BCUT2D eigenvalue weighted by Crippen LogP contribution is 2.38. The highest BCUT2D eigenvalue weighted by Gasteiger charge is 2.30. The van der Waals surface area contributed by atoms with Gasteiger partial charge in [-0.1, -0.05) is 0 Å². The van der Waals surface area contributed by atoms with Gasteiger partial charge in [-0.2, -0.15) is 0 Å². The minimum absolute atomic E-state index is 0.152. The Bertz CT molecular complexity index is 499. The average Bonchev–Trinajstić information content (AvgIpc) is 2.91. The molecule has 21 heavy (non-hydrogen) atoms. The molecule has 1 heterocycles. The molecule has 0 bridgehead atoms. The van der Waals surface area contributed by atoms with Crippen LogP contribution in [0.2, 0.25) is 0 Å². The summed E-state index contributed by atoms with van der Waals surface area (Å²) < 4.78 is 15.8. The molecular weight excluding hydrogens is 272 g/mol. The Hall–Kier alpha value is -1.95. The maximum absolute atomic E-state index is 12.5. The van der Waals surface area contributed by atoms with E-state index in [4.69, 9.17) is 14.2 Å². The molecule has 1 amide bonds. The lowest BCUT2D eigenvalue weighted by Crippen LogP contribution is -2.47. The van der Waals surface area contributed by atoms with E-state index in [1.165, 1.54) is 21.3 Å². The Morgan fingerprint density at radius 1 is 1.19 bits per heavy atom. The predicted octanol–water partition coefficient (Wildman–Crippen LogP) is 1.19. The lowest BCUT2D eigenvalue weighted by Gasteiger charge is -2.25. The third kappa shape index (κ3) is 3.21. The van der Waals surface area contributed by atoms with Crippen molar-refractivity contribution in [2.24, 2.45) is 0 Å². The van der Waals surface area contributed by atoms with Gasteiger partial charge >= 0.3 is 0 Å². The summed E-state index contributed by atoms with van der Waals surface area (Å²) in [6.07, 6.45) is 0.906. The van der Waals surface area contributed by atoms with Crippen LogP contribution in [0.15, 0.2) is 12.1 Å². The highest BCUT2D eigenvalue weighted by atomic mass is 16.5. The molecule has 6 heteroatoms. The number of nitrogens with one attached hydrogen (secondary N) is 2. The van der Waals surface area contributed by atoms with Crippen molar-refractivity contribution in [3.8, 4) is 17.2 Å². The van der Waals surface area contributed by atoms with E-state index in [0.29, 0.717) is 22.8 Å². The molecule has 1 saturated heterocycles. The number of hydrogen-bond donors (Lipinski definition) is 2. The number of carbonyl (C=O) groups is 1. The van der Waals surface area contributed by atoms with Crippen molar-refractivity contribution in [1.82, 2.24) is 10.6 Å². The number of benzene rings is 1. The Kier molecular flexibility index (Phi) is 4.57. The molecule has 2 N–H and O–H groups in total. The lowest BCUT2D eigenvalue weighted by atomic mass is 10.0. The molecule has 2 rings (SSSR count). The van der Waals surface area contributed by atoms with Gasteiger partial charge in [0, 0.05) is 12.1 Å². The maximum Gasteiger partial charge on any atom is 0.252 e. The molecule has 1 unspecified atom stereocenters. The van der Waals surface area contributed by atoms with Crippen LogP contribution in [0.25, 0.3) is 0 Å². The Morgan fingerprint density at radius 3 is 2.24 bits per heavy atom. The van der Waals surface area contributed by atoms with Gasteiger partial charge in [-0.3, -0.25) is 4.79 Å². The smallest absolute Gasteiger partial charge is 0.252 e. The van der Waals surface area contributed by atoms with E-state index in [1.54, 1.807) is 12.1 Å². The number of rotatable bonds is 5. The molecule has 0 aliphatic carbocycles. The van der Waals surface area contributed by atoms with E-state index in [0.717, 1.165) is 19.5 Å². The third-order valence-corrected chi connectivity index (χ3v) is 3.71. The fraction of sp³-hybridized carbons (Fsp3) is 0.533. The quantitative estimate of drug-likeness (QED) is 0.854. The molecule has 1 aromatic carbocycles. The van der Waals surface area contributed by atoms with E-state index < -0.39 is 0 Å². The van der Waals surface area contributed by atoms with Crippen LogP contribution in [0, 0.1) is 0 Å². The highest BCUT2D eigenvalue weighted by molar-refractivity contribution is 5.96. The SMILES string of the molecule is COc1cc(C(=O)NC2(C)CCNC2)cc(OC)c1OC. The fourth-order valence-electron chi connectivity index (χ4n) is 2.48. The zero-order valence-electron chi connectivity index (χ0n) is 12.9. The molecule has 1 aliphatic heterocycles. The summed E-state index contributed by atoms with van der Waals surface area (Å²) in [5, 5.41) is 6.31. The van der Waals surface area contributed by atoms with Gasteiger partial charge in [0.1, 0.15) is 0 Å². The second-order valence-corrected chi connectivity index (χ2v) is 5.36. The first-order valence-electron chi connectivity index (χ1n) is 6.86. The zero-order valence-corrected chi connectivity index (χ0v) is 12.9. The van der Waals surface area contributed by atoms with Crippen molar-refractivity contribution < 1.29 is 19.0 Å². The number of hydrogen-bond acceptors (Lipinski definition) is 5. The lowest BCUT2D eigenvalue weighted by molar-refractivity contribution is 0.0912. The van der Waals surface area contributed by atoms with Crippen LogP contribution in [0.5, 0.6) is 17.2 Å². The van der Waals surface area contributed by atoms with Crippen LogP contribution < -0.4 is 24.8 Å². The fourth-order valence-corrected chi connectivity index (χ4v) is 2.48. The monoisotopic (exact) mass is 294 g/mol. The van der Waals surface area contributed by atoms with Crippen molar-refractivity contribution in [2.45, 2.75) is 18.9 Å². The van der Waals surface area contributed by atoms with E-state index in [-0.39, 0.29) is 11.4 Å². The van der Waals surface area contributed by atoms with Crippen LogP contribution in [0.1, 0.15) is 23.7 Å². The Morgan fingerprint density at radius 2 is 1.81 bits per heavy atom. The predicted molar refractivity (Wildman–Crippen MR) is 79.5 cm³/mol. The topological polar surface area (TPSA) is 68.8 Å². The maximum atomic E-state index is 12.5. The molecule has 0 aromatic heterocycles. The van der Waals surface area contributed by atoms with Gasteiger partial charge in [-0.25, -0.2) is 0 Å². The average molecular weight is 294 g/mol. The van der Waals surface area contributed by atoms with Crippen molar-refractivity contribution >= 4 is 5.91 Å². The second-order valence-electron chi connectivity index (χ2n) is 5.36. The number of carbonyl (C=O) groups excluding carboxylic acids is 1. The second kappa shape index (κ2) is 6.22. The van der Waals surface area contributed by atoms with Crippen molar-refractivity contribution in [3.63, 3.8) is 0 Å². The normalized spacial score (nSPS) is 21.0. The van der Waals surface area contributed by atoms with Crippen LogP contribution >= 0.6 is 0 Å². The Balaban J connectivity index is 2.28. The minimum atomic E-state index is -0.225. The summed E-state index contributed by atoms with van der Waals surface area (Å²) in [6, 6.07) is 3.31. The molecule has 0 spiro atoms. The molecule has 6 nitrogen and oxygen atoms in total. The first kappa shape index (κ1) is 15.4. The van der Waals surface area contributed by atoms with E-state index >= 15 is 0 Å². The Labute approximate surface area is 124 Å². The molecule has 0 saturated carbocycles. The van der Waals surface area contributed by atoms with Gasteiger partial charge in [0.15, 0.2) is 11.5 Å². The van der Waals surface area contributed by atoms with E-state index in [2.05, 4.69) is 10.6 Å². The summed E-state index contributed by atoms with van der Waals surface area (Å²) in [7, 11) is 4.59. The van der Waals surface area contributed by atoms with Crippen LogP contribution in [0.3, 0.4) is 0 Å². The summed E-state index contributed by atoms with van der Waals surface area (Å²) >= 11 is 0. The standard InChI is InChI=1S/C15H22N2O4/c1-15(5-6-16-9-15)17-14(18)10-7-11(19-2)13(21-4)12(8-10)20-3/h7-8,16H,5-6,9H2,1-4H3,(H,17,18). The van der Waals surface area contributed by atoms with Gasteiger partial charge in [0.25, 0.3) is 5.91 Å². The number of methoxy groups -OCH3 is 3. The molecule has 1 aromatic rings. The van der Waals surface area contributed by atoms with Crippen LogP contribution in [0.4, 0.5) is 0 Å². The van der Waals surface area contributed by atoms with Crippen molar-refractivity contribution in [1.29, 1.82) is 0 Å². The summed E-state index contributed by atoms with van der Waals surface area (Å²) in [4.78, 5) is 12.5. The molecule has 116 valence electrons. The minimum Gasteiger partial charge on any atom is -0.493 e. The number of ether oxygens (including phenoxy) is 3. The first-order valence-corrected chi connectivity index (χ1v) is 6.86. The van der Waals surface area contributed by atoms with Crippen LogP contribution in [-0.2, 0) is 0 Å². The van der Waals surface area contributed by atoms with Gasteiger partial charge in [-0.15, -0.1) is 0 Å². The summed E-state index contributed by atoms with van der Waals surface area (Å²) in [5.41, 5.74) is 0.259. The third-order valence-electron chi connectivity index (χ3n) is 3.71. The molecule has 1 atom stereocenters. The van der Waals surface area contributed by atoms with Gasteiger partial charge in [0.05, 0.1) is 26.9 Å². The van der Waals surface area contributed by atoms with E-state index in [9.17, 15) is 4.79 Å². The van der Waals surface area contributed by atoms with Crippen LogP contribution in [-0.4, -0.2) is 45.9 Å². The molecule has 1 fully saturated rings. The summed E-state index contributed by atoms with van der Waals surface area (Å²) in [6.45, 7) is 3.71. The van der Waals surface area contributed by atoms with E-state index in [1.807, 2.05) is 6.92 Å². The zero-order chi connectivity index (χ0) is 15.5. The molecular formula is C15H22N2O4. The van der Waals surface area contributed by atoms with Crippen molar-refractivity contribution in [3.05, 3.63) is 17.7 Å². The van der Waals surface area contributed by atoms with Gasteiger partial charge in [-0.05, 0) is 32.0 Å².